The van der Waals surface area contributed by atoms with Crippen LogP contribution < -0.4 is 24.6 Å². The smallest absolute Gasteiger partial charge is 0.282 e. The van der Waals surface area contributed by atoms with Gasteiger partial charge in [-0.2, -0.15) is 0 Å². The molecule has 3 N–H and O–H groups in total. The predicted octanol–water partition coefficient (Wildman–Crippen LogP) is 2.60. The second kappa shape index (κ2) is 10.3. The maximum Gasteiger partial charge on any atom is 0.282 e. The van der Waals surface area contributed by atoms with Crippen molar-refractivity contribution in [1.82, 2.24) is 9.97 Å². The number of hydrogen-bond donors (Lipinski definition) is 3. The fraction of sp³-hybridized carbons (Fsp3) is 0.542. The Morgan fingerprint density at radius 3 is 2.44 bits per heavy atom. The first-order valence-corrected chi connectivity index (χ1v) is 14.2. The fourth-order valence-corrected chi connectivity index (χ4v) is 5.69. The molecule has 5 rings (SSSR count). The van der Waals surface area contributed by atoms with Crippen molar-refractivity contribution in [3.05, 3.63) is 30.0 Å². The lowest BCUT2D eigenvalue weighted by atomic mass is 9.93. The summed E-state index contributed by atoms with van der Waals surface area (Å²) in [6, 6.07) is 4.19. The quantitative estimate of drug-likeness (QED) is 0.394. The predicted molar refractivity (Wildman–Crippen MR) is 138 cm³/mol. The van der Waals surface area contributed by atoms with Crippen molar-refractivity contribution >= 4 is 39.1 Å². The summed E-state index contributed by atoms with van der Waals surface area (Å²) in [5.74, 6) is -4.01. The minimum absolute atomic E-state index is 0.00792. The van der Waals surface area contributed by atoms with E-state index >= 15 is 0 Å². The largest absolute Gasteiger partial charge is 0.459 e. The van der Waals surface area contributed by atoms with Gasteiger partial charge < -0.3 is 25.0 Å². The second-order valence-electron chi connectivity index (χ2n) is 10.2. The Balaban J connectivity index is 1.40. The zero-order chi connectivity index (χ0) is 27.8. The lowest BCUT2D eigenvalue weighted by molar-refractivity contribution is -0.0270. The summed E-state index contributed by atoms with van der Waals surface area (Å²) in [7, 11) is -3.84. The average Bonchev–Trinajstić information content (AvgIpc) is 3.62. The number of carbonyl (C=O) groups is 1. The Labute approximate surface area is 223 Å². The Morgan fingerprint density at radius 1 is 1.10 bits per heavy atom. The Hall–Kier alpha value is -3.33. The van der Waals surface area contributed by atoms with Gasteiger partial charge in [0.25, 0.3) is 11.8 Å². The first-order chi connectivity index (χ1) is 18.5. The summed E-state index contributed by atoms with van der Waals surface area (Å²) in [6.45, 7) is -1.61. The maximum atomic E-state index is 13.5. The number of rotatable bonds is 10. The minimum atomic E-state index is -3.84. The normalized spacial score (nSPS) is 19.4. The molecule has 0 unspecified atom stereocenters. The second-order valence-corrected chi connectivity index (χ2v) is 12.0. The number of carbonyl (C=O) groups excluding carboxylic acids is 1. The van der Waals surface area contributed by atoms with Gasteiger partial charge in [-0.3, -0.25) is 9.52 Å². The van der Waals surface area contributed by atoms with E-state index in [1.165, 1.54) is 42.1 Å². The first-order valence-electron chi connectivity index (χ1n) is 12.5. The van der Waals surface area contributed by atoms with E-state index in [9.17, 15) is 26.4 Å². The van der Waals surface area contributed by atoms with Gasteiger partial charge in [-0.25, -0.2) is 31.6 Å². The van der Waals surface area contributed by atoms with E-state index in [4.69, 9.17) is 9.84 Å². The maximum absolute atomic E-state index is 13.5. The molecule has 2 saturated heterocycles. The molecule has 0 bridgehead atoms. The van der Waals surface area contributed by atoms with E-state index in [-0.39, 0.29) is 28.8 Å². The molecular formula is C24H29F3N6O5S. The molecule has 4 heterocycles. The van der Waals surface area contributed by atoms with Crippen LogP contribution in [0.4, 0.5) is 36.3 Å². The summed E-state index contributed by atoms with van der Waals surface area (Å²) in [5.41, 5.74) is 0.990. The van der Waals surface area contributed by atoms with Crippen molar-refractivity contribution in [2.45, 2.75) is 31.6 Å². The highest BCUT2D eigenvalue weighted by atomic mass is 32.2. The molecule has 15 heteroatoms. The number of aromatic nitrogens is 2. The average molecular weight is 571 g/mol. The molecule has 11 nitrogen and oxygen atoms in total. The molecule has 1 aliphatic carbocycles. The number of aliphatic hydroxyl groups excluding tert-OH is 1. The number of halogens is 3. The molecule has 0 atom stereocenters. The van der Waals surface area contributed by atoms with Crippen LogP contribution in [0.3, 0.4) is 0 Å². The molecule has 0 aromatic carbocycles. The molecule has 3 fully saturated rings. The Bertz CT molecular complexity index is 1340. The number of pyridine rings is 2. The highest BCUT2D eigenvalue weighted by Gasteiger charge is 2.46. The highest BCUT2D eigenvalue weighted by Crippen LogP contribution is 2.54. The first kappa shape index (κ1) is 27.2. The lowest BCUT2D eigenvalue weighted by Gasteiger charge is -2.40. The van der Waals surface area contributed by atoms with Gasteiger partial charge in [0.2, 0.25) is 16.9 Å². The number of ether oxygens (including phenoxy) is 1. The molecule has 2 aromatic rings. The van der Waals surface area contributed by atoms with E-state index in [2.05, 4.69) is 20.0 Å². The Morgan fingerprint density at radius 2 is 1.82 bits per heavy atom. The fourth-order valence-electron chi connectivity index (χ4n) is 4.92. The molecule has 2 aromatic heterocycles. The lowest BCUT2D eigenvalue weighted by Crippen LogP contribution is -2.56. The zero-order valence-electron chi connectivity index (χ0n) is 21.0. The van der Waals surface area contributed by atoms with Gasteiger partial charge in [0.1, 0.15) is 11.6 Å². The van der Waals surface area contributed by atoms with Crippen LogP contribution in [0.15, 0.2) is 24.4 Å². The summed E-state index contributed by atoms with van der Waals surface area (Å²) in [5, 5.41) is 11.7. The van der Waals surface area contributed by atoms with E-state index in [0.29, 0.717) is 24.2 Å². The minimum Gasteiger partial charge on any atom is -0.459 e. The van der Waals surface area contributed by atoms with Gasteiger partial charge in [-0.15, -0.1) is 0 Å². The van der Waals surface area contributed by atoms with Crippen LogP contribution in [0.25, 0.3) is 0 Å². The molecular weight excluding hydrogens is 541 g/mol. The van der Waals surface area contributed by atoms with Crippen LogP contribution in [0.5, 0.6) is 5.75 Å². The number of aliphatic hydroxyl groups is 1. The van der Waals surface area contributed by atoms with Crippen molar-refractivity contribution < 1.29 is 36.2 Å². The molecule has 0 radical (unpaired) electrons. The zero-order valence-corrected chi connectivity index (χ0v) is 21.8. The molecule has 3 aliphatic rings. The third kappa shape index (κ3) is 6.13. The summed E-state index contributed by atoms with van der Waals surface area (Å²) < 4.78 is 71.3. The van der Waals surface area contributed by atoms with E-state index in [0.717, 1.165) is 12.8 Å². The number of piperidine rings is 1. The van der Waals surface area contributed by atoms with Gasteiger partial charge in [0.15, 0.2) is 11.6 Å². The van der Waals surface area contributed by atoms with Crippen molar-refractivity contribution in [3.63, 3.8) is 0 Å². The molecule has 1 saturated carbocycles. The number of anilines is 4. The van der Waals surface area contributed by atoms with Crippen LogP contribution in [-0.2, 0) is 10.0 Å². The topological polar surface area (TPSA) is 137 Å². The van der Waals surface area contributed by atoms with Crippen LogP contribution in [-0.4, -0.2) is 80.7 Å². The van der Waals surface area contributed by atoms with Gasteiger partial charge in [-0.1, -0.05) is 0 Å². The Kier molecular flexibility index (Phi) is 7.22. The monoisotopic (exact) mass is 570 g/mol. The number of hydrogen-bond acceptors (Lipinski definition) is 9. The van der Waals surface area contributed by atoms with Crippen molar-refractivity contribution in [2.75, 3.05) is 65.2 Å². The van der Waals surface area contributed by atoms with Crippen LogP contribution in [0.1, 0.15) is 36.0 Å². The standard InChI is InChI=1S/C24H29F3N6O5S/c25-15-38-18-1-2-19(29-21(18)33-13-24(26,27)14-33)30-22(35)16-12-28-20(31-39(36,37)10-9-34)11-17(16)32-7-5-23(3-4-23)6-8-32/h1-2,11-12,34H,3-10,13-15H2,(H,28,31)(H,29,30,35). The van der Waals surface area contributed by atoms with Crippen molar-refractivity contribution in [2.24, 2.45) is 5.41 Å². The third-order valence-corrected chi connectivity index (χ3v) is 8.54. The van der Waals surface area contributed by atoms with Crippen LogP contribution >= 0.6 is 0 Å². The van der Waals surface area contributed by atoms with Crippen molar-refractivity contribution in [1.29, 1.82) is 0 Å². The van der Waals surface area contributed by atoms with Crippen LogP contribution in [0, 0.1) is 5.41 Å². The van der Waals surface area contributed by atoms with Gasteiger partial charge in [-0.05, 0) is 43.2 Å². The number of amides is 1. The van der Waals surface area contributed by atoms with Gasteiger partial charge in [0, 0.05) is 25.4 Å². The SMILES string of the molecule is O=C(Nc1ccc(OCF)c(N2CC(F)(F)C2)n1)c1cnc(NS(=O)(=O)CCO)cc1N1CCC2(CC1)CC2. The van der Waals surface area contributed by atoms with Crippen LogP contribution in [0.2, 0.25) is 0 Å². The molecule has 1 amide bonds. The summed E-state index contributed by atoms with van der Waals surface area (Å²) in [6.07, 6.45) is 5.50. The highest BCUT2D eigenvalue weighted by molar-refractivity contribution is 7.92. The molecule has 212 valence electrons. The molecule has 39 heavy (non-hydrogen) atoms. The van der Waals surface area contributed by atoms with E-state index in [1.54, 1.807) is 0 Å². The number of nitrogens with zero attached hydrogens (tertiary/aromatic N) is 4. The van der Waals surface area contributed by atoms with Crippen molar-refractivity contribution in [3.8, 4) is 5.75 Å². The van der Waals surface area contributed by atoms with Gasteiger partial charge >= 0.3 is 0 Å². The van der Waals surface area contributed by atoms with E-state index in [1.807, 2.05) is 4.90 Å². The summed E-state index contributed by atoms with van der Waals surface area (Å²) >= 11 is 0. The third-order valence-electron chi connectivity index (χ3n) is 7.30. The number of alkyl halides is 3. The number of sulfonamides is 1. The number of nitrogens with one attached hydrogen (secondary N) is 2. The van der Waals surface area contributed by atoms with E-state index < -0.39 is 54.2 Å². The van der Waals surface area contributed by atoms with Gasteiger partial charge in [0.05, 0.1) is 36.7 Å². The molecule has 2 aliphatic heterocycles. The summed E-state index contributed by atoms with van der Waals surface area (Å²) in [4.78, 5) is 24.9. The molecule has 1 spiro atoms.